The van der Waals surface area contributed by atoms with Crippen molar-refractivity contribution in [1.29, 1.82) is 0 Å². The highest BCUT2D eigenvalue weighted by atomic mass is 16.5. The van der Waals surface area contributed by atoms with Crippen LogP contribution in [-0.2, 0) is 27.3 Å². The van der Waals surface area contributed by atoms with E-state index in [2.05, 4.69) is 15.6 Å². The van der Waals surface area contributed by atoms with E-state index in [4.69, 9.17) is 4.74 Å². The fourth-order valence-electron chi connectivity index (χ4n) is 2.84. The van der Waals surface area contributed by atoms with Crippen LogP contribution in [0.1, 0.15) is 11.1 Å². The normalized spacial score (nSPS) is 11.4. The van der Waals surface area contributed by atoms with Crippen molar-refractivity contribution < 1.29 is 14.3 Å². The summed E-state index contributed by atoms with van der Waals surface area (Å²) in [5.41, 5.74) is 3.40. The molecule has 3 rings (SSSR count). The van der Waals surface area contributed by atoms with Crippen molar-refractivity contribution in [1.82, 2.24) is 15.6 Å². The Hall–Kier alpha value is -2.96. The van der Waals surface area contributed by atoms with Gasteiger partial charge in [0.05, 0.1) is 13.7 Å². The smallest absolute Gasteiger partial charge is 0.323 e. The van der Waals surface area contributed by atoms with Crippen molar-refractivity contribution in [3.05, 3.63) is 71.9 Å². The molecule has 0 aliphatic rings. The number of hydrogen-bond donors (Lipinski definition) is 3. The molecule has 0 spiro atoms. The summed E-state index contributed by atoms with van der Waals surface area (Å²) in [6, 6.07) is 17.7. The highest BCUT2D eigenvalue weighted by molar-refractivity contribution is 5.84. The number of para-hydroxylation sites is 1. The number of aldehydes is 1. The summed E-state index contributed by atoms with van der Waals surface area (Å²) in [5, 5.41) is 7.10. The number of carbonyl (C=O) groups is 2. The lowest BCUT2D eigenvalue weighted by atomic mass is 10.1. The lowest BCUT2D eigenvalue weighted by Crippen LogP contribution is -2.36. The standard InChI is InChI=1S/C13H16N2O2.C9H11NO/c1-14-12(13(16)17-2)7-9-8-15-11-6-4-3-5-10(9)11;11-7-6-10-8-9-4-2-1-3-5-9/h3-6,8,12,14-15H,7H2,1-2H3;1-5,7,10H,6,8H2/t12-;/m1./s1. The molecule has 0 radical (unpaired) electrons. The average molecular weight is 381 g/mol. The second-order valence-electron chi connectivity index (χ2n) is 6.21. The largest absolute Gasteiger partial charge is 0.468 e. The topological polar surface area (TPSA) is 83.2 Å². The van der Waals surface area contributed by atoms with Gasteiger partial charge in [-0.15, -0.1) is 0 Å². The maximum absolute atomic E-state index is 11.5. The number of methoxy groups -OCH3 is 1. The zero-order valence-corrected chi connectivity index (χ0v) is 16.3. The van der Waals surface area contributed by atoms with Gasteiger partial charge in [-0.1, -0.05) is 48.5 Å². The predicted octanol–water partition coefficient (Wildman–Crippen LogP) is 2.45. The number of nitrogens with one attached hydrogen (secondary N) is 3. The van der Waals surface area contributed by atoms with Gasteiger partial charge in [0, 0.05) is 30.1 Å². The highest BCUT2D eigenvalue weighted by Gasteiger charge is 2.18. The molecule has 0 saturated heterocycles. The molecule has 2 aromatic carbocycles. The van der Waals surface area contributed by atoms with Crippen LogP contribution in [0.3, 0.4) is 0 Å². The number of fused-ring (bicyclic) bond motifs is 1. The lowest BCUT2D eigenvalue weighted by molar-refractivity contribution is -0.142. The summed E-state index contributed by atoms with van der Waals surface area (Å²) in [5.74, 6) is -0.238. The number of aromatic nitrogens is 1. The quantitative estimate of drug-likeness (QED) is 0.317. The lowest BCUT2D eigenvalue weighted by Gasteiger charge is -2.12. The van der Waals surface area contributed by atoms with Gasteiger partial charge >= 0.3 is 5.97 Å². The number of hydrogen-bond acceptors (Lipinski definition) is 5. The SMILES string of the molecule is CN[C@H](Cc1c[nH]c2ccccc12)C(=O)OC.O=CCNCc1ccccc1. The van der Waals surface area contributed by atoms with E-state index < -0.39 is 0 Å². The van der Waals surface area contributed by atoms with E-state index >= 15 is 0 Å². The molecule has 0 amide bonds. The van der Waals surface area contributed by atoms with Gasteiger partial charge < -0.3 is 25.1 Å². The summed E-state index contributed by atoms with van der Waals surface area (Å²) in [6.07, 6.45) is 3.42. The van der Waals surface area contributed by atoms with Crippen LogP contribution in [0.15, 0.2) is 60.8 Å². The minimum Gasteiger partial charge on any atom is -0.468 e. The van der Waals surface area contributed by atoms with Gasteiger partial charge in [-0.3, -0.25) is 4.79 Å². The molecule has 148 valence electrons. The van der Waals surface area contributed by atoms with Gasteiger partial charge in [-0.05, 0) is 24.2 Å². The number of likely N-dealkylation sites (N-methyl/N-ethyl adjacent to an activating group) is 1. The number of benzene rings is 2. The Bertz CT molecular complexity index is 862. The van der Waals surface area contributed by atoms with Crippen LogP contribution >= 0.6 is 0 Å². The Morgan fingerprint density at radius 2 is 1.86 bits per heavy atom. The first-order valence-corrected chi connectivity index (χ1v) is 9.18. The molecule has 6 heteroatoms. The number of H-pyrrole nitrogens is 1. The highest BCUT2D eigenvalue weighted by Crippen LogP contribution is 2.19. The van der Waals surface area contributed by atoms with E-state index in [9.17, 15) is 9.59 Å². The van der Waals surface area contributed by atoms with E-state index in [0.717, 1.165) is 29.3 Å². The summed E-state index contributed by atoms with van der Waals surface area (Å²) in [6.45, 7) is 1.19. The fraction of sp³-hybridized carbons (Fsp3) is 0.273. The monoisotopic (exact) mass is 381 g/mol. The molecule has 3 aromatic rings. The van der Waals surface area contributed by atoms with E-state index in [1.54, 1.807) is 7.05 Å². The van der Waals surface area contributed by atoms with Crippen LogP contribution in [0.5, 0.6) is 0 Å². The van der Waals surface area contributed by atoms with Gasteiger partial charge in [0.25, 0.3) is 0 Å². The molecule has 1 aromatic heterocycles. The summed E-state index contributed by atoms with van der Waals surface area (Å²) in [7, 11) is 3.17. The number of ether oxygens (including phenoxy) is 1. The molecule has 0 fully saturated rings. The number of rotatable bonds is 8. The van der Waals surface area contributed by atoms with E-state index in [0.29, 0.717) is 13.0 Å². The number of aromatic amines is 1. The Morgan fingerprint density at radius 3 is 2.54 bits per heavy atom. The van der Waals surface area contributed by atoms with Crippen LogP contribution in [0, 0.1) is 0 Å². The molecule has 0 aliphatic carbocycles. The average Bonchev–Trinajstić information content (AvgIpc) is 3.16. The molecular weight excluding hydrogens is 354 g/mol. The van der Waals surface area contributed by atoms with Crippen LogP contribution in [-0.4, -0.2) is 44.0 Å². The van der Waals surface area contributed by atoms with E-state index in [-0.39, 0.29) is 12.0 Å². The molecule has 0 aliphatic heterocycles. The first-order chi connectivity index (χ1) is 13.7. The Morgan fingerprint density at radius 1 is 1.14 bits per heavy atom. The van der Waals surface area contributed by atoms with E-state index in [1.807, 2.05) is 60.8 Å². The first-order valence-electron chi connectivity index (χ1n) is 9.18. The number of esters is 1. The van der Waals surface area contributed by atoms with Crippen molar-refractivity contribution >= 4 is 23.2 Å². The Balaban J connectivity index is 0.000000221. The van der Waals surface area contributed by atoms with Crippen LogP contribution in [0.25, 0.3) is 10.9 Å². The molecule has 1 heterocycles. The fourth-order valence-corrected chi connectivity index (χ4v) is 2.84. The van der Waals surface area contributed by atoms with Gasteiger partial charge in [-0.25, -0.2) is 0 Å². The molecule has 0 saturated carbocycles. The Kier molecular flexibility index (Phi) is 8.91. The van der Waals surface area contributed by atoms with Gasteiger partial charge in [-0.2, -0.15) is 0 Å². The van der Waals surface area contributed by atoms with Crippen molar-refractivity contribution in [2.24, 2.45) is 0 Å². The Labute approximate surface area is 165 Å². The van der Waals surface area contributed by atoms with Crippen LogP contribution < -0.4 is 10.6 Å². The van der Waals surface area contributed by atoms with Gasteiger partial charge in [0.15, 0.2) is 0 Å². The van der Waals surface area contributed by atoms with Crippen molar-refractivity contribution in [2.45, 2.75) is 19.0 Å². The maximum atomic E-state index is 11.5. The van der Waals surface area contributed by atoms with Gasteiger partial charge in [0.1, 0.15) is 12.3 Å². The van der Waals surface area contributed by atoms with Gasteiger partial charge in [0.2, 0.25) is 0 Å². The molecule has 0 bridgehead atoms. The van der Waals surface area contributed by atoms with Crippen molar-refractivity contribution in [2.75, 3.05) is 20.7 Å². The zero-order chi connectivity index (χ0) is 20.2. The third-order valence-electron chi connectivity index (χ3n) is 4.33. The summed E-state index contributed by atoms with van der Waals surface area (Å²) < 4.78 is 4.75. The zero-order valence-electron chi connectivity index (χ0n) is 16.3. The molecule has 28 heavy (non-hydrogen) atoms. The summed E-state index contributed by atoms with van der Waals surface area (Å²) in [4.78, 5) is 24.6. The minimum absolute atomic E-state index is 0.238. The van der Waals surface area contributed by atoms with Crippen molar-refractivity contribution in [3.8, 4) is 0 Å². The second kappa shape index (κ2) is 11.7. The molecular formula is C22H27N3O3. The summed E-state index contributed by atoms with van der Waals surface area (Å²) >= 11 is 0. The molecule has 3 N–H and O–H groups in total. The second-order valence-corrected chi connectivity index (χ2v) is 6.21. The predicted molar refractivity (Wildman–Crippen MR) is 111 cm³/mol. The first kappa shape index (κ1) is 21.3. The maximum Gasteiger partial charge on any atom is 0.323 e. The van der Waals surface area contributed by atoms with Crippen LogP contribution in [0.4, 0.5) is 0 Å². The minimum atomic E-state index is -0.306. The third kappa shape index (κ3) is 6.33. The van der Waals surface area contributed by atoms with Crippen LogP contribution in [0.2, 0.25) is 0 Å². The molecule has 0 unspecified atom stereocenters. The third-order valence-corrected chi connectivity index (χ3v) is 4.33. The van der Waals surface area contributed by atoms with E-state index in [1.165, 1.54) is 12.7 Å². The molecule has 6 nitrogen and oxygen atoms in total. The number of carbonyl (C=O) groups excluding carboxylic acids is 2. The van der Waals surface area contributed by atoms with Crippen molar-refractivity contribution in [3.63, 3.8) is 0 Å². The molecule has 1 atom stereocenters.